The molecule has 1 fully saturated rings. The fraction of sp³-hybridized carbons (Fsp3) is 0.417. The molecule has 0 bridgehead atoms. The number of aliphatic carboxylic acids is 1. The van der Waals surface area contributed by atoms with Crippen molar-refractivity contribution in [3.63, 3.8) is 0 Å². The van der Waals surface area contributed by atoms with E-state index in [2.05, 4.69) is 0 Å². The highest BCUT2D eigenvalue weighted by Crippen LogP contribution is 2.62. The number of sulfone groups is 1. The highest BCUT2D eigenvalue weighted by atomic mass is 32.2. The largest absolute Gasteiger partial charge is 0.481 e. The Balaban J connectivity index is 2.50. The maximum atomic E-state index is 12.9. The summed E-state index contributed by atoms with van der Waals surface area (Å²) in [5, 5.41) is 17.4. The predicted molar refractivity (Wildman–Crippen MR) is 64.9 cm³/mol. The number of carbonyl (C=O) groups is 1. The molecule has 7 heteroatoms. The van der Waals surface area contributed by atoms with Crippen molar-refractivity contribution in [2.75, 3.05) is 12.9 Å². The van der Waals surface area contributed by atoms with Gasteiger partial charge in [0, 0.05) is 12.2 Å². The molecule has 0 saturated heterocycles. The van der Waals surface area contributed by atoms with Crippen LogP contribution in [0.4, 0.5) is 4.39 Å². The summed E-state index contributed by atoms with van der Waals surface area (Å²) < 4.78 is 36.2. The summed E-state index contributed by atoms with van der Waals surface area (Å²) in [5.74, 6) is -2.71. The molecule has 1 aliphatic rings. The molecule has 1 aliphatic carbocycles. The Labute approximate surface area is 109 Å². The molecule has 19 heavy (non-hydrogen) atoms. The van der Waals surface area contributed by atoms with Gasteiger partial charge in [-0.05, 0) is 17.7 Å². The molecule has 2 rings (SSSR count). The number of benzene rings is 1. The predicted octanol–water partition coefficient (Wildman–Crippen LogP) is 0.399. The van der Waals surface area contributed by atoms with E-state index in [1.54, 1.807) is 0 Å². The third-order valence-electron chi connectivity index (χ3n) is 3.61. The van der Waals surface area contributed by atoms with E-state index in [0.717, 1.165) is 18.4 Å². The Bertz CT molecular complexity index is 610. The minimum Gasteiger partial charge on any atom is -0.481 e. The lowest BCUT2D eigenvalue weighted by Crippen LogP contribution is -2.27. The van der Waals surface area contributed by atoms with Gasteiger partial charge in [-0.3, -0.25) is 4.79 Å². The second-order valence-corrected chi connectivity index (χ2v) is 6.95. The Morgan fingerprint density at radius 3 is 2.21 bits per heavy atom. The Morgan fingerprint density at radius 1 is 1.37 bits per heavy atom. The SMILES string of the molecule is CS(=O)(=O)C1C(c2ccc(F)cc2)C1(CO)C(=O)O. The Morgan fingerprint density at radius 2 is 1.89 bits per heavy atom. The van der Waals surface area contributed by atoms with Gasteiger partial charge in [0.2, 0.25) is 0 Å². The molecule has 0 spiro atoms. The van der Waals surface area contributed by atoms with Gasteiger partial charge in [0.15, 0.2) is 9.84 Å². The lowest BCUT2D eigenvalue weighted by Gasteiger charge is -2.08. The lowest BCUT2D eigenvalue weighted by molar-refractivity contribution is -0.145. The van der Waals surface area contributed by atoms with Crippen LogP contribution in [-0.2, 0) is 14.6 Å². The second-order valence-electron chi connectivity index (χ2n) is 4.78. The number of rotatable bonds is 4. The van der Waals surface area contributed by atoms with Gasteiger partial charge in [0.1, 0.15) is 11.2 Å². The average molecular weight is 288 g/mol. The van der Waals surface area contributed by atoms with Gasteiger partial charge in [0.25, 0.3) is 0 Å². The first kappa shape index (κ1) is 14.0. The van der Waals surface area contributed by atoms with Crippen molar-refractivity contribution in [2.24, 2.45) is 5.41 Å². The van der Waals surface area contributed by atoms with Gasteiger partial charge < -0.3 is 10.2 Å². The molecule has 0 radical (unpaired) electrons. The van der Waals surface area contributed by atoms with E-state index >= 15 is 0 Å². The summed E-state index contributed by atoms with van der Waals surface area (Å²) in [6.07, 6.45) is 0.939. The molecule has 1 saturated carbocycles. The summed E-state index contributed by atoms with van der Waals surface area (Å²) >= 11 is 0. The zero-order chi connectivity index (χ0) is 14.4. The van der Waals surface area contributed by atoms with Crippen LogP contribution in [0.15, 0.2) is 24.3 Å². The molecular weight excluding hydrogens is 275 g/mol. The lowest BCUT2D eigenvalue weighted by atomic mass is 10.0. The van der Waals surface area contributed by atoms with Crippen molar-refractivity contribution >= 4 is 15.8 Å². The average Bonchev–Trinajstić information content (AvgIpc) is 3.00. The number of aliphatic hydroxyl groups excluding tert-OH is 1. The van der Waals surface area contributed by atoms with Crippen LogP contribution in [0.5, 0.6) is 0 Å². The molecule has 5 nitrogen and oxygen atoms in total. The monoisotopic (exact) mass is 288 g/mol. The summed E-state index contributed by atoms with van der Waals surface area (Å²) in [6.45, 7) is -0.776. The van der Waals surface area contributed by atoms with Crippen LogP contribution in [0.25, 0.3) is 0 Å². The maximum absolute atomic E-state index is 12.9. The van der Waals surface area contributed by atoms with E-state index in [0.29, 0.717) is 5.56 Å². The quantitative estimate of drug-likeness (QED) is 0.836. The fourth-order valence-corrected chi connectivity index (χ4v) is 4.59. The van der Waals surface area contributed by atoms with Crippen LogP contribution < -0.4 is 0 Å². The summed E-state index contributed by atoms with van der Waals surface area (Å²) in [4.78, 5) is 11.3. The number of hydrogen-bond donors (Lipinski definition) is 2. The van der Waals surface area contributed by atoms with E-state index in [4.69, 9.17) is 0 Å². The third-order valence-corrected chi connectivity index (χ3v) is 5.22. The zero-order valence-corrected chi connectivity index (χ0v) is 10.9. The molecular formula is C12H13FO5S. The first-order valence-electron chi connectivity index (χ1n) is 5.53. The third kappa shape index (κ3) is 2.02. The van der Waals surface area contributed by atoms with Crippen molar-refractivity contribution in [1.29, 1.82) is 0 Å². The first-order chi connectivity index (χ1) is 8.75. The molecule has 1 aromatic rings. The molecule has 3 unspecified atom stereocenters. The van der Waals surface area contributed by atoms with Crippen LogP contribution in [0.2, 0.25) is 0 Å². The van der Waals surface area contributed by atoms with E-state index in [9.17, 15) is 27.8 Å². The van der Waals surface area contributed by atoms with Gasteiger partial charge in [-0.15, -0.1) is 0 Å². The van der Waals surface area contributed by atoms with Crippen molar-refractivity contribution in [1.82, 2.24) is 0 Å². The van der Waals surface area contributed by atoms with E-state index in [1.165, 1.54) is 12.1 Å². The normalized spacial score (nSPS) is 30.1. The molecule has 0 aromatic heterocycles. The second kappa shape index (κ2) is 4.28. The number of halogens is 1. The van der Waals surface area contributed by atoms with Gasteiger partial charge in [-0.1, -0.05) is 12.1 Å². The van der Waals surface area contributed by atoms with E-state index in [-0.39, 0.29) is 0 Å². The van der Waals surface area contributed by atoms with E-state index in [1.807, 2.05) is 0 Å². The minimum absolute atomic E-state index is 0.397. The van der Waals surface area contributed by atoms with Crippen LogP contribution >= 0.6 is 0 Å². The summed E-state index contributed by atoms with van der Waals surface area (Å²) in [6, 6.07) is 4.96. The van der Waals surface area contributed by atoms with Gasteiger partial charge in [0.05, 0.1) is 11.9 Å². The van der Waals surface area contributed by atoms with Crippen LogP contribution in [0, 0.1) is 11.2 Å². The van der Waals surface area contributed by atoms with Gasteiger partial charge in [-0.25, -0.2) is 12.8 Å². The molecule has 0 aliphatic heterocycles. The highest BCUT2D eigenvalue weighted by Gasteiger charge is 2.74. The van der Waals surface area contributed by atoms with Gasteiger partial charge in [-0.2, -0.15) is 0 Å². The number of hydrogen-bond acceptors (Lipinski definition) is 4. The fourth-order valence-electron chi connectivity index (χ4n) is 2.69. The van der Waals surface area contributed by atoms with Crippen LogP contribution in [-0.4, -0.2) is 42.7 Å². The number of carboxylic acid groups (broad SMARTS) is 1. The topological polar surface area (TPSA) is 91.7 Å². The first-order valence-corrected chi connectivity index (χ1v) is 7.49. The molecule has 0 amide bonds. The molecule has 1 aromatic carbocycles. The summed E-state index contributed by atoms with van der Waals surface area (Å²) in [7, 11) is -3.64. The van der Waals surface area contributed by atoms with Crippen molar-refractivity contribution < 1.29 is 27.8 Å². The van der Waals surface area contributed by atoms with Crippen LogP contribution in [0.1, 0.15) is 11.5 Å². The Kier molecular flexibility index (Phi) is 3.14. The minimum atomic E-state index is -3.64. The zero-order valence-electron chi connectivity index (χ0n) is 10.1. The number of carboxylic acids is 1. The number of aliphatic hydroxyl groups is 1. The molecule has 0 heterocycles. The summed E-state index contributed by atoms with van der Waals surface area (Å²) in [5.41, 5.74) is -1.33. The molecule has 3 atom stereocenters. The van der Waals surface area contributed by atoms with Crippen molar-refractivity contribution in [3.05, 3.63) is 35.6 Å². The molecule has 2 N–H and O–H groups in total. The Hall–Kier alpha value is -1.47. The highest BCUT2D eigenvalue weighted by molar-refractivity contribution is 7.91. The van der Waals surface area contributed by atoms with Gasteiger partial charge >= 0.3 is 5.97 Å². The van der Waals surface area contributed by atoms with Crippen molar-refractivity contribution in [3.8, 4) is 0 Å². The standard InChI is InChI=1S/C12H13FO5S/c1-19(17,18)10-9(12(10,6-14)11(15)16)7-2-4-8(13)5-3-7/h2-5,9-10,14H,6H2,1H3,(H,15,16). The smallest absolute Gasteiger partial charge is 0.314 e. The van der Waals surface area contributed by atoms with E-state index < -0.39 is 44.8 Å². The van der Waals surface area contributed by atoms with Crippen LogP contribution in [0.3, 0.4) is 0 Å². The van der Waals surface area contributed by atoms with Crippen molar-refractivity contribution in [2.45, 2.75) is 11.2 Å². The molecule has 104 valence electrons. The maximum Gasteiger partial charge on any atom is 0.314 e.